The van der Waals surface area contributed by atoms with E-state index in [1.54, 1.807) is 14.2 Å². The molecule has 28 heavy (non-hydrogen) atoms. The van der Waals surface area contributed by atoms with Crippen LogP contribution in [0.15, 0.2) is 78.9 Å². The van der Waals surface area contributed by atoms with Gasteiger partial charge in [-0.2, -0.15) is 0 Å². The lowest BCUT2D eigenvalue weighted by atomic mass is 9.89. The summed E-state index contributed by atoms with van der Waals surface area (Å²) in [6.07, 6.45) is 2.12. The molecular formula is C25H29NO2. The molecule has 3 heteroatoms. The lowest BCUT2D eigenvalue weighted by Gasteiger charge is -2.19. The van der Waals surface area contributed by atoms with Crippen molar-refractivity contribution in [3.8, 4) is 11.5 Å². The van der Waals surface area contributed by atoms with Crippen molar-refractivity contribution < 1.29 is 9.47 Å². The van der Waals surface area contributed by atoms with E-state index < -0.39 is 0 Å². The Kier molecular flexibility index (Phi) is 7.51. The Morgan fingerprint density at radius 1 is 0.714 bits per heavy atom. The van der Waals surface area contributed by atoms with E-state index in [1.807, 2.05) is 12.1 Å². The van der Waals surface area contributed by atoms with Gasteiger partial charge in [0, 0.05) is 6.54 Å². The minimum atomic E-state index is 0.469. The summed E-state index contributed by atoms with van der Waals surface area (Å²) in [5.41, 5.74) is 4.00. The molecule has 0 aliphatic rings. The molecule has 3 rings (SSSR count). The van der Waals surface area contributed by atoms with Gasteiger partial charge in [-0.3, -0.25) is 0 Å². The van der Waals surface area contributed by atoms with Gasteiger partial charge in [-0.1, -0.05) is 54.6 Å². The molecule has 0 heterocycles. The predicted molar refractivity (Wildman–Crippen MR) is 115 cm³/mol. The fraction of sp³-hybridized carbons (Fsp3) is 0.280. The Hall–Kier alpha value is -2.78. The van der Waals surface area contributed by atoms with Gasteiger partial charge in [0.25, 0.3) is 0 Å². The molecule has 1 atom stereocenters. The molecule has 0 fully saturated rings. The van der Waals surface area contributed by atoms with Gasteiger partial charge in [0.15, 0.2) is 0 Å². The van der Waals surface area contributed by atoms with Crippen molar-refractivity contribution >= 4 is 0 Å². The number of benzene rings is 3. The minimum Gasteiger partial charge on any atom is -0.497 e. The van der Waals surface area contributed by atoms with E-state index in [4.69, 9.17) is 9.47 Å². The SMILES string of the molecule is COc1ccc(CNCCC(Cc2ccccc2)c2ccc(OC)cc2)cc1. The smallest absolute Gasteiger partial charge is 0.118 e. The van der Waals surface area contributed by atoms with Crippen LogP contribution in [0, 0.1) is 0 Å². The van der Waals surface area contributed by atoms with Gasteiger partial charge in [-0.05, 0) is 66.3 Å². The maximum absolute atomic E-state index is 5.31. The van der Waals surface area contributed by atoms with Crippen LogP contribution in [-0.4, -0.2) is 20.8 Å². The van der Waals surface area contributed by atoms with Gasteiger partial charge in [0.1, 0.15) is 11.5 Å². The molecule has 0 spiro atoms. The molecule has 1 N–H and O–H groups in total. The highest BCUT2D eigenvalue weighted by atomic mass is 16.5. The van der Waals surface area contributed by atoms with Crippen LogP contribution in [0.3, 0.4) is 0 Å². The minimum absolute atomic E-state index is 0.469. The second-order valence-corrected chi connectivity index (χ2v) is 6.97. The fourth-order valence-electron chi connectivity index (χ4n) is 3.41. The van der Waals surface area contributed by atoms with Crippen LogP contribution in [-0.2, 0) is 13.0 Å². The quantitative estimate of drug-likeness (QED) is 0.494. The Morgan fingerprint density at radius 2 is 1.32 bits per heavy atom. The van der Waals surface area contributed by atoms with Gasteiger partial charge in [-0.25, -0.2) is 0 Å². The number of rotatable bonds is 10. The van der Waals surface area contributed by atoms with Crippen molar-refractivity contribution in [1.82, 2.24) is 5.32 Å². The first-order valence-electron chi connectivity index (χ1n) is 9.80. The van der Waals surface area contributed by atoms with E-state index in [2.05, 4.69) is 72.0 Å². The summed E-state index contributed by atoms with van der Waals surface area (Å²) >= 11 is 0. The lowest BCUT2D eigenvalue weighted by molar-refractivity contribution is 0.414. The van der Waals surface area contributed by atoms with E-state index >= 15 is 0 Å². The lowest BCUT2D eigenvalue weighted by Crippen LogP contribution is -2.18. The van der Waals surface area contributed by atoms with Crippen LogP contribution in [0.5, 0.6) is 11.5 Å². The van der Waals surface area contributed by atoms with E-state index in [9.17, 15) is 0 Å². The summed E-state index contributed by atoms with van der Waals surface area (Å²) in [5.74, 6) is 2.27. The average Bonchev–Trinajstić information content (AvgIpc) is 2.77. The third-order valence-electron chi connectivity index (χ3n) is 5.07. The van der Waals surface area contributed by atoms with E-state index in [1.165, 1.54) is 16.7 Å². The van der Waals surface area contributed by atoms with Crippen molar-refractivity contribution in [3.63, 3.8) is 0 Å². The summed E-state index contributed by atoms with van der Waals surface area (Å²) in [4.78, 5) is 0. The molecule has 0 aliphatic heterocycles. The third-order valence-corrected chi connectivity index (χ3v) is 5.07. The maximum atomic E-state index is 5.31. The summed E-state index contributed by atoms with van der Waals surface area (Å²) < 4.78 is 10.5. The van der Waals surface area contributed by atoms with Gasteiger partial charge in [0.2, 0.25) is 0 Å². The van der Waals surface area contributed by atoms with Gasteiger partial charge in [0.05, 0.1) is 14.2 Å². The van der Waals surface area contributed by atoms with Crippen LogP contribution in [0.1, 0.15) is 29.0 Å². The van der Waals surface area contributed by atoms with E-state index in [-0.39, 0.29) is 0 Å². The highest BCUT2D eigenvalue weighted by molar-refractivity contribution is 5.31. The molecule has 0 aromatic heterocycles. The highest BCUT2D eigenvalue weighted by Crippen LogP contribution is 2.26. The van der Waals surface area contributed by atoms with Gasteiger partial charge in [-0.15, -0.1) is 0 Å². The monoisotopic (exact) mass is 375 g/mol. The molecule has 3 nitrogen and oxygen atoms in total. The summed E-state index contributed by atoms with van der Waals surface area (Å²) in [6.45, 7) is 1.83. The van der Waals surface area contributed by atoms with Crippen LogP contribution in [0.25, 0.3) is 0 Å². The molecule has 3 aromatic carbocycles. The van der Waals surface area contributed by atoms with Crippen molar-refractivity contribution in [1.29, 1.82) is 0 Å². The van der Waals surface area contributed by atoms with Crippen LogP contribution in [0.4, 0.5) is 0 Å². The molecule has 0 amide bonds. The van der Waals surface area contributed by atoms with Gasteiger partial charge < -0.3 is 14.8 Å². The first kappa shape index (κ1) is 20.0. The number of hydrogen-bond acceptors (Lipinski definition) is 3. The zero-order valence-corrected chi connectivity index (χ0v) is 16.7. The molecule has 0 saturated carbocycles. The Morgan fingerprint density at radius 3 is 1.93 bits per heavy atom. The van der Waals surface area contributed by atoms with Crippen molar-refractivity contribution in [2.24, 2.45) is 0 Å². The molecule has 3 aromatic rings. The Bertz CT molecular complexity index is 813. The Balaban J connectivity index is 1.59. The fourth-order valence-corrected chi connectivity index (χ4v) is 3.41. The predicted octanol–water partition coefficient (Wildman–Crippen LogP) is 5.21. The molecule has 0 saturated heterocycles. The number of nitrogens with one attached hydrogen (secondary N) is 1. The molecular weight excluding hydrogens is 346 g/mol. The third kappa shape index (κ3) is 5.86. The number of ether oxygens (including phenoxy) is 2. The molecule has 1 unspecified atom stereocenters. The van der Waals surface area contributed by atoms with Crippen molar-refractivity contribution in [2.45, 2.75) is 25.3 Å². The summed E-state index contributed by atoms with van der Waals surface area (Å²) in [7, 11) is 3.40. The number of hydrogen-bond donors (Lipinski definition) is 1. The second-order valence-electron chi connectivity index (χ2n) is 6.97. The first-order valence-corrected chi connectivity index (χ1v) is 9.80. The normalized spacial score (nSPS) is 11.8. The van der Waals surface area contributed by atoms with Crippen molar-refractivity contribution in [2.75, 3.05) is 20.8 Å². The largest absolute Gasteiger partial charge is 0.497 e. The second kappa shape index (κ2) is 10.5. The Labute approximate surface area is 168 Å². The van der Waals surface area contributed by atoms with Gasteiger partial charge >= 0.3 is 0 Å². The highest BCUT2D eigenvalue weighted by Gasteiger charge is 2.12. The molecule has 0 bridgehead atoms. The average molecular weight is 376 g/mol. The topological polar surface area (TPSA) is 30.5 Å². The maximum Gasteiger partial charge on any atom is 0.118 e. The zero-order valence-electron chi connectivity index (χ0n) is 16.7. The van der Waals surface area contributed by atoms with E-state index in [0.717, 1.165) is 37.4 Å². The summed E-state index contributed by atoms with van der Waals surface area (Å²) in [6, 6.07) is 27.4. The zero-order chi connectivity index (χ0) is 19.6. The van der Waals surface area contributed by atoms with Crippen LogP contribution >= 0.6 is 0 Å². The van der Waals surface area contributed by atoms with E-state index in [0.29, 0.717) is 5.92 Å². The first-order chi connectivity index (χ1) is 13.8. The van der Waals surface area contributed by atoms with Crippen molar-refractivity contribution in [3.05, 3.63) is 95.6 Å². The van der Waals surface area contributed by atoms with Crippen LogP contribution in [0.2, 0.25) is 0 Å². The summed E-state index contributed by atoms with van der Waals surface area (Å²) in [5, 5.41) is 3.58. The molecule has 0 aliphatic carbocycles. The van der Waals surface area contributed by atoms with Crippen LogP contribution < -0.4 is 14.8 Å². The molecule has 0 radical (unpaired) electrons. The standard InChI is InChI=1S/C25H29NO2/c1-27-24-12-8-21(9-13-24)19-26-17-16-23(18-20-6-4-3-5-7-20)22-10-14-25(28-2)15-11-22/h3-15,23,26H,16-19H2,1-2H3. The number of methoxy groups -OCH3 is 2. The molecule has 146 valence electrons.